The second-order valence-electron chi connectivity index (χ2n) is 3.51. The molecule has 0 aliphatic carbocycles. The Balaban J connectivity index is 5.42. The number of esters is 2. The van der Waals surface area contributed by atoms with Gasteiger partial charge < -0.3 is 24.6 Å². The van der Waals surface area contributed by atoms with Gasteiger partial charge in [0, 0.05) is 0 Å². The van der Waals surface area contributed by atoms with Crippen molar-refractivity contribution in [1.82, 2.24) is 5.32 Å². The third kappa shape index (κ3) is 4.82. The molecular weight excluding hydrogens is 262 g/mol. The molecule has 0 saturated heterocycles. The number of rotatable bonds is 6. The maximum atomic E-state index is 11.7. The van der Waals surface area contributed by atoms with Crippen molar-refractivity contribution in [2.45, 2.75) is 18.4 Å². The lowest BCUT2D eigenvalue weighted by atomic mass is 9.91. The molecule has 1 amide bonds. The third-order valence-corrected chi connectivity index (χ3v) is 2.23. The summed E-state index contributed by atoms with van der Waals surface area (Å²) in [6.45, 7) is 0. The number of ether oxygens (including phenoxy) is 3. The maximum Gasteiger partial charge on any atom is 0.407 e. The molecule has 9 nitrogen and oxygen atoms in total. The molecule has 0 heterocycles. The van der Waals surface area contributed by atoms with E-state index in [-0.39, 0.29) is 0 Å². The first-order valence-electron chi connectivity index (χ1n) is 5.04. The number of carboxylic acid groups (broad SMARTS) is 1. The summed E-state index contributed by atoms with van der Waals surface area (Å²) < 4.78 is 13.1. The molecule has 0 spiro atoms. The number of hydrogen-bond acceptors (Lipinski definition) is 7. The van der Waals surface area contributed by atoms with Crippen molar-refractivity contribution in [1.29, 1.82) is 0 Å². The highest BCUT2D eigenvalue weighted by Gasteiger charge is 2.46. The van der Waals surface area contributed by atoms with Gasteiger partial charge in [-0.15, -0.1) is 0 Å². The van der Waals surface area contributed by atoms with Crippen LogP contribution in [0.4, 0.5) is 4.79 Å². The lowest BCUT2D eigenvalue weighted by Gasteiger charge is -2.28. The van der Waals surface area contributed by atoms with Crippen LogP contribution < -0.4 is 5.32 Å². The van der Waals surface area contributed by atoms with Crippen LogP contribution in [0.15, 0.2) is 0 Å². The van der Waals surface area contributed by atoms with E-state index in [1.165, 1.54) is 0 Å². The van der Waals surface area contributed by atoms with Crippen LogP contribution in [0.3, 0.4) is 0 Å². The van der Waals surface area contributed by atoms with Gasteiger partial charge >= 0.3 is 24.0 Å². The second-order valence-corrected chi connectivity index (χ2v) is 3.51. The Hall–Kier alpha value is -2.32. The minimum absolute atomic E-state index is 0.697. The molecule has 0 fully saturated rings. The first kappa shape index (κ1) is 16.7. The Labute approximate surface area is 108 Å². The predicted molar refractivity (Wildman–Crippen MR) is 59.2 cm³/mol. The number of aliphatic carboxylic acids is 1. The fraction of sp³-hybridized carbons (Fsp3) is 0.600. The standard InChI is InChI=1S/C10H15NO8/c1-17-7(14)5-10(4-6(12)13,8(15)18-2)11-9(16)19-3/h4-5H2,1-3H3,(H,11,16)(H,12,13)/t10-/m1/s1. The van der Waals surface area contributed by atoms with Crippen LogP contribution in [-0.4, -0.2) is 56.0 Å². The van der Waals surface area contributed by atoms with E-state index in [1.807, 2.05) is 5.32 Å². The highest BCUT2D eigenvalue weighted by molar-refractivity contribution is 5.93. The van der Waals surface area contributed by atoms with Gasteiger partial charge in [-0.1, -0.05) is 0 Å². The molecule has 9 heteroatoms. The Bertz CT molecular complexity index is 360. The lowest BCUT2D eigenvalue weighted by molar-refractivity contribution is -0.158. The van der Waals surface area contributed by atoms with Gasteiger partial charge in [-0.05, 0) is 0 Å². The Morgan fingerprint density at radius 1 is 1.00 bits per heavy atom. The molecule has 0 aromatic rings. The zero-order valence-corrected chi connectivity index (χ0v) is 10.7. The Morgan fingerprint density at radius 3 is 1.95 bits per heavy atom. The molecule has 19 heavy (non-hydrogen) atoms. The summed E-state index contributed by atoms with van der Waals surface area (Å²) in [6.07, 6.45) is -2.63. The van der Waals surface area contributed by atoms with E-state index in [9.17, 15) is 19.2 Å². The molecule has 0 radical (unpaired) electrons. The van der Waals surface area contributed by atoms with Crippen molar-refractivity contribution in [2.24, 2.45) is 0 Å². The Morgan fingerprint density at radius 2 is 1.58 bits per heavy atom. The van der Waals surface area contributed by atoms with Crippen LogP contribution in [0.2, 0.25) is 0 Å². The average Bonchev–Trinajstić information content (AvgIpc) is 2.36. The first-order valence-corrected chi connectivity index (χ1v) is 5.04. The third-order valence-electron chi connectivity index (χ3n) is 2.23. The van der Waals surface area contributed by atoms with Gasteiger partial charge in [0.1, 0.15) is 0 Å². The summed E-state index contributed by atoms with van der Waals surface area (Å²) in [5, 5.41) is 10.8. The van der Waals surface area contributed by atoms with Crippen LogP contribution in [0.25, 0.3) is 0 Å². The van der Waals surface area contributed by atoms with Crippen LogP contribution in [0.5, 0.6) is 0 Å². The zero-order chi connectivity index (χ0) is 15.1. The zero-order valence-electron chi connectivity index (χ0n) is 10.7. The first-order chi connectivity index (χ1) is 8.81. The highest BCUT2D eigenvalue weighted by atomic mass is 16.5. The molecule has 0 aliphatic heterocycles. The fourth-order valence-corrected chi connectivity index (χ4v) is 1.36. The van der Waals surface area contributed by atoms with Crippen molar-refractivity contribution in [3.63, 3.8) is 0 Å². The topological polar surface area (TPSA) is 128 Å². The van der Waals surface area contributed by atoms with E-state index in [0.717, 1.165) is 21.3 Å². The van der Waals surface area contributed by atoms with Crippen molar-refractivity contribution >= 4 is 24.0 Å². The number of amides is 1. The molecule has 0 rings (SSSR count). The normalized spacial score (nSPS) is 12.8. The number of alkyl carbamates (subject to hydrolysis) is 1. The number of hydrogen-bond donors (Lipinski definition) is 2. The van der Waals surface area contributed by atoms with E-state index < -0.39 is 42.4 Å². The van der Waals surface area contributed by atoms with Gasteiger partial charge in [0.15, 0.2) is 5.54 Å². The number of carbonyl (C=O) groups excluding carboxylic acids is 3. The quantitative estimate of drug-likeness (QED) is 0.481. The molecular formula is C10H15NO8. The van der Waals surface area contributed by atoms with E-state index in [1.54, 1.807) is 0 Å². The van der Waals surface area contributed by atoms with Gasteiger partial charge in [0.2, 0.25) is 0 Å². The van der Waals surface area contributed by atoms with Crippen LogP contribution in [0, 0.1) is 0 Å². The summed E-state index contributed by atoms with van der Waals surface area (Å²) in [5.41, 5.74) is -2.08. The molecule has 2 N–H and O–H groups in total. The average molecular weight is 277 g/mol. The van der Waals surface area contributed by atoms with E-state index in [0.29, 0.717) is 0 Å². The predicted octanol–water partition coefficient (Wildman–Crippen LogP) is -0.708. The minimum atomic E-state index is -2.08. The van der Waals surface area contributed by atoms with Crippen molar-refractivity contribution < 1.29 is 38.5 Å². The molecule has 0 aliphatic rings. The van der Waals surface area contributed by atoms with Gasteiger partial charge in [0.25, 0.3) is 0 Å². The van der Waals surface area contributed by atoms with Crippen molar-refractivity contribution in [3.8, 4) is 0 Å². The number of nitrogens with one attached hydrogen (secondary N) is 1. The SMILES string of the molecule is COC(=O)C[C@@](CC(=O)O)(NC(=O)OC)C(=O)OC. The molecule has 0 aromatic carbocycles. The molecule has 1 atom stereocenters. The maximum absolute atomic E-state index is 11.7. The van der Waals surface area contributed by atoms with E-state index >= 15 is 0 Å². The summed E-state index contributed by atoms with van der Waals surface area (Å²) in [7, 11) is 3.08. The molecule has 108 valence electrons. The number of carboxylic acids is 1. The number of carbonyl (C=O) groups is 4. The van der Waals surface area contributed by atoms with Crippen LogP contribution in [0.1, 0.15) is 12.8 Å². The van der Waals surface area contributed by atoms with Crippen LogP contribution >= 0.6 is 0 Å². The fourth-order valence-electron chi connectivity index (χ4n) is 1.36. The number of methoxy groups -OCH3 is 3. The van der Waals surface area contributed by atoms with Crippen molar-refractivity contribution in [2.75, 3.05) is 21.3 Å². The minimum Gasteiger partial charge on any atom is -0.481 e. The molecule has 0 aromatic heterocycles. The summed E-state index contributed by atoms with van der Waals surface area (Å²) in [5.74, 6) is -3.39. The van der Waals surface area contributed by atoms with Gasteiger partial charge in [-0.25, -0.2) is 9.59 Å². The van der Waals surface area contributed by atoms with Crippen molar-refractivity contribution in [3.05, 3.63) is 0 Å². The monoisotopic (exact) mass is 277 g/mol. The lowest BCUT2D eigenvalue weighted by Crippen LogP contribution is -2.57. The molecule has 0 bridgehead atoms. The largest absolute Gasteiger partial charge is 0.481 e. The molecule has 0 unspecified atom stereocenters. The highest BCUT2D eigenvalue weighted by Crippen LogP contribution is 2.19. The second kappa shape index (κ2) is 7.19. The van der Waals surface area contributed by atoms with Gasteiger partial charge in [-0.3, -0.25) is 9.59 Å². The van der Waals surface area contributed by atoms with Crippen LogP contribution in [-0.2, 0) is 28.6 Å². The molecule has 0 saturated carbocycles. The Kier molecular flexibility index (Phi) is 6.31. The van der Waals surface area contributed by atoms with E-state index in [4.69, 9.17) is 5.11 Å². The van der Waals surface area contributed by atoms with Gasteiger partial charge in [-0.2, -0.15) is 0 Å². The summed E-state index contributed by atoms with van der Waals surface area (Å²) >= 11 is 0. The smallest absolute Gasteiger partial charge is 0.407 e. The summed E-state index contributed by atoms with van der Waals surface area (Å²) in [6, 6.07) is 0. The van der Waals surface area contributed by atoms with Gasteiger partial charge in [0.05, 0.1) is 34.2 Å². The summed E-state index contributed by atoms with van der Waals surface area (Å²) in [4.78, 5) is 45.0. The van der Waals surface area contributed by atoms with E-state index in [2.05, 4.69) is 14.2 Å².